The summed E-state index contributed by atoms with van der Waals surface area (Å²) in [5.41, 5.74) is 3.03. The van der Waals surface area contributed by atoms with Gasteiger partial charge in [-0.2, -0.15) is 0 Å². The lowest BCUT2D eigenvalue weighted by atomic mass is 10.1. The first-order chi connectivity index (χ1) is 11.1. The zero-order valence-corrected chi connectivity index (χ0v) is 15.2. The average Bonchev–Trinajstić information content (AvgIpc) is 3.10. The van der Waals surface area contributed by atoms with E-state index in [2.05, 4.69) is 17.4 Å². The minimum atomic E-state index is -0.0552. The maximum atomic E-state index is 12.4. The fourth-order valence-electron chi connectivity index (χ4n) is 2.46. The van der Waals surface area contributed by atoms with Crippen LogP contribution in [0, 0.1) is 0 Å². The van der Waals surface area contributed by atoms with Gasteiger partial charge in [-0.05, 0) is 42.3 Å². The molecule has 2 aromatic carbocycles. The number of halogens is 1. The van der Waals surface area contributed by atoms with Gasteiger partial charge in [-0.1, -0.05) is 35.9 Å². The van der Waals surface area contributed by atoms with Crippen LogP contribution in [0.1, 0.15) is 39.0 Å². The lowest BCUT2D eigenvalue weighted by Crippen LogP contribution is -2.26. The molecule has 3 rings (SSSR count). The summed E-state index contributed by atoms with van der Waals surface area (Å²) in [7, 11) is 0. The summed E-state index contributed by atoms with van der Waals surface area (Å²) in [4.78, 5) is 12.4. The highest BCUT2D eigenvalue weighted by Crippen LogP contribution is 2.45. The summed E-state index contributed by atoms with van der Waals surface area (Å²) < 4.78 is 0.514. The molecule has 1 fully saturated rings. The van der Waals surface area contributed by atoms with E-state index in [1.165, 1.54) is 17.1 Å². The molecule has 0 aliphatic carbocycles. The molecule has 0 saturated carbocycles. The van der Waals surface area contributed by atoms with E-state index in [1.54, 1.807) is 0 Å². The van der Waals surface area contributed by atoms with E-state index >= 15 is 0 Å². The molecule has 1 atom stereocenters. The van der Waals surface area contributed by atoms with Crippen molar-refractivity contribution in [2.45, 2.75) is 17.5 Å². The third-order valence-electron chi connectivity index (χ3n) is 3.78. The first-order valence-corrected chi connectivity index (χ1v) is 10.0. The van der Waals surface area contributed by atoms with Crippen molar-refractivity contribution >= 4 is 41.0 Å². The largest absolute Gasteiger partial charge is 0.346 e. The van der Waals surface area contributed by atoms with Gasteiger partial charge < -0.3 is 5.32 Å². The van der Waals surface area contributed by atoms with Crippen molar-refractivity contribution in [2.24, 2.45) is 0 Å². The second-order valence-corrected chi connectivity index (χ2v) is 8.60. The summed E-state index contributed by atoms with van der Waals surface area (Å²) in [5.74, 6) is 2.36. The third kappa shape index (κ3) is 4.25. The summed E-state index contributed by atoms with van der Waals surface area (Å²) in [5, 5.41) is 3.73. The van der Waals surface area contributed by atoms with Gasteiger partial charge in [0.05, 0.1) is 10.6 Å². The molecular formula is C18H18ClNOS2. The summed E-state index contributed by atoms with van der Waals surface area (Å²) >= 11 is 9.84. The van der Waals surface area contributed by atoms with Crippen molar-refractivity contribution < 1.29 is 4.79 Å². The lowest BCUT2D eigenvalue weighted by molar-refractivity contribution is 0.0940. The lowest BCUT2D eigenvalue weighted by Gasteiger charge is -2.15. The van der Waals surface area contributed by atoms with Crippen LogP contribution in [-0.4, -0.2) is 17.4 Å². The Morgan fingerprint density at radius 3 is 2.30 bits per heavy atom. The maximum Gasteiger partial charge on any atom is 0.251 e. The fourth-order valence-corrected chi connectivity index (χ4v) is 5.44. The van der Waals surface area contributed by atoms with Crippen molar-refractivity contribution in [3.63, 3.8) is 0 Å². The molecule has 1 aliphatic heterocycles. The monoisotopic (exact) mass is 363 g/mol. The van der Waals surface area contributed by atoms with Crippen molar-refractivity contribution in [3.8, 4) is 0 Å². The highest BCUT2D eigenvalue weighted by atomic mass is 35.5. The Hall–Kier alpha value is -1.10. The van der Waals surface area contributed by atoms with Crippen LogP contribution in [0.5, 0.6) is 0 Å². The van der Waals surface area contributed by atoms with Crippen molar-refractivity contribution in [1.29, 1.82) is 0 Å². The van der Waals surface area contributed by atoms with Crippen molar-refractivity contribution in [2.75, 3.05) is 11.5 Å². The fraction of sp³-hybridized carbons (Fsp3) is 0.278. The van der Waals surface area contributed by atoms with Crippen LogP contribution in [-0.2, 0) is 0 Å². The van der Waals surface area contributed by atoms with Crippen LogP contribution in [0.3, 0.4) is 0 Å². The van der Waals surface area contributed by atoms with Crippen LogP contribution >= 0.6 is 35.1 Å². The SMILES string of the molecule is C[C@@H](NC(=O)c1ccc(C2SCCS2)cc1)c1ccc(Cl)cc1. The molecule has 1 heterocycles. The number of hydrogen-bond donors (Lipinski definition) is 1. The number of nitrogens with one attached hydrogen (secondary N) is 1. The number of amides is 1. The molecule has 23 heavy (non-hydrogen) atoms. The highest BCUT2D eigenvalue weighted by molar-refractivity contribution is 8.19. The van der Waals surface area contributed by atoms with Crippen LogP contribution < -0.4 is 5.32 Å². The molecule has 0 aromatic heterocycles. The molecule has 1 aliphatic rings. The molecule has 120 valence electrons. The molecule has 1 saturated heterocycles. The third-order valence-corrected chi connectivity index (χ3v) is 7.14. The van der Waals surface area contributed by atoms with Crippen LogP contribution in [0.15, 0.2) is 48.5 Å². The number of carbonyl (C=O) groups excluding carboxylic acids is 1. The van der Waals surface area contributed by atoms with Crippen LogP contribution in [0.2, 0.25) is 5.02 Å². The molecule has 5 heteroatoms. The minimum absolute atomic E-state index is 0.0503. The number of benzene rings is 2. The number of thioether (sulfide) groups is 2. The Labute approximate surface area is 150 Å². The van der Waals surface area contributed by atoms with E-state index in [0.717, 1.165) is 5.56 Å². The zero-order chi connectivity index (χ0) is 16.2. The Bertz CT molecular complexity index is 666. The quantitative estimate of drug-likeness (QED) is 0.798. The topological polar surface area (TPSA) is 29.1 Å². The van der Waals surface area contributed by atoms with Gasteiger partial charge in [0.1, 0.15) is 0 Å². The predicted octanol–water partition coefficient (Wildman–Crippen LogP) is 5.31. The van der Waals surface area contributed by atoms with Crippen LogP contribution in [0.4, 0.5) is 0 Å². The smallest absolute Gasteiger partial charge is 0.251 e. The number of rotatable bonds is 4. The highest BCUT2D eigenvalue weighted by Gasteiger charge is 2.18. The van der Waals surface area contributed by atoms with E-state index in [9.17, 15) is 4.79 Å². The second-order valence-electron chi connectivity index (χ2n) is 5.44. The number of hydrogen-bond acceptors (Lipinski definition) is 3. The van der Waals surface area contributed by atoms with Crippen LogP contribution in [0.25, 0.3) is 0 Å². The Balaban J connectivity index is 1.64. The van der Waals surface area contributed by atoms with Gasteiger partial charge in [0.2, 0.25) is 0 Å². The Morgan fingerprint density at radius 1 is 1.09 bits per heavy atom. The van der Waals surface area contributed by atoms with E-state index in [4.69, 9.17) is 11.6 Å². The van der Waals surface area contributed by atoms with Gasteiger partial charge in [-0.3, -0.25) is 4.79 Å². The molecule has 0 unspecified atom stereocenters. The summed E-state index contributed by atoms with van der Waals surface area (Å²) in [6, 6.07) is 15.5. The first-order valence-electron chi connectivity index (χ1n) is 7.53. The van der Waals surface area contributed by atoms with E-state index in [0.29, 0.717) is 15.2 Å². The summed E-state index contributed by atoms with van der Waals surface area (Å²) in [6.45, 7) is 1.97. The van der Waals surface area contributed by atoms with Gasteiger partial charge in [0.25, 0.3) is 5.91 Å². The maximum absolute atomic E-state index is 12.4. The Kier molecular flexibility index (Phi) is 5.57. The molecule has 2 aromatic rings. The normalized spacial score (nSPS) is 16.3. The van der Waals surface area contributed by atoms with E-state index in [1.807, 2.05) is 66.8 Å². The van der Waals surface area contributed by atoms with Crippen molar-refractivity contribution in [1.82, 2.24) is 5.32 Å². The van der Waals surface area contributed by atoms with E-state index in [-0.39, 0.29) is 11.9 Å². The minimum Gasteiger partial charge on any atom is -0.346 e. The molecule has 0 radical (unpaired) electrons. The van der Waals surface area contributed by atoms with Gasteiger partial charge in [0, 0.05) is 22.1 Å². The van der Waals surface area contributed by atoms with Gasteiger partial charge in [0.15, 0.2) is 0 Å². The molecule has 0 bridgehead atoms. The standard InChI is InChI=1S/C18H18ClNOS2/c1-12(13-6-8-16(19)9-7-13)20-17(21)14-2-4-15(5-3-14)18-22-10-11-23-18/h2-9,12,18H,10-11H2,1H3,(H,20,21)/t12-/m1/s1. The molecular weight excluding hydrogens is 346 g/mol. The van der Waals surface area contributed by atoms with E-state index < -0.39 is 0 Å². The zero-order valence-electron chi connectivity index (χ0n) is 12.8. The summed E-state index contributed by atoms with van der Waals surface area (Å²) in [6.07, 6.45) is 0. The van der Waals surface area contributed by atoms with Gasteiger partial charge >= 0.3 is 0 Å². The molecule has 2 nitrogen and oxygen atoms in total. The average molecular weight is 364 g/mol. The Morgan fingerprint density at radius 2 is 1.70 bits per heavy atom. The molecule has 1 N–H and O–H groups in total. The molecule has 0 spiro atoms. The van der Waals surface area contributed by atoms with Gasteiger partial charge in [-0.25, -0.2) is 0 Å². The van der Waals surface area contributed by atoms with Crippen molar-refractivity contribution in [3.05, 3.63) is 70.2 Å². The van der Waals surface area contributed by atoms with Gasteiger partial charge in [-0.15, -0.1) is 23.5 Å². The first kappa shape index (κ1) is 16.7. The number of carbonyl (C=O) groups is 1. The molecule has 1 amide bonds. The predicted molar refractivity (Wildman–Crippen MR) is 101 cm³/mol. The second kappa shape index (κ2) is 7.65.